The summed E-state index contributed by atoms with van der Waals surface area (Å²) in [5.41, 5.74) is 1.95. The Labute approximate surface area is 174 Å². The third-order valence-corrected chi connectivity index (χ3v) is 6.86. The number of anilines is 1. The van der Waals surface area contributed by atoms with Crippen LogP contribution < -0.4 is 4.90 Å². The number of benzene rings is 1. The molecular weight excluding hydrogens is 364 g/mol. The van der Waals surface area contributed by atoms with Gasteiger partial charge >= 0.3 is 0 Å². The number of carbonyl (C=O) groups excluding carboxylic acids is 2. The summed E-state index contributed by atoms with van der Waals surface area (Å²) < 4.78 is 0. The van der Waals surface area contributed by atoms with Crippen molar-refractivity contribution in [3.05, 3.63) is 29.8 Å². The van der Waals surface area contributed by atoms with Gasteiger partial charge in [-0.15, -0.1) is 0 Å². The quantitative estimate of drug-likeness (QED) is 0.687. The Morgan fingerprint density at radius 2 is 1.55 bits per heavy atom. The zero-order chi connectivity index (χ0) is 20.2. The number of rotatable bonds is 6. The normalized spacial score (nSPS) is 21.8. The molecule has 1 saturated carbocycles. The van der Waals surface area contributed by atoms with E-state index >= 15 is 0 Å². The highest BCUT2D eigenvalue weighted by Crippen LogP contribution is 2.25. The van der Waals surface area contributed by atoms with Gasteiger partial charge in [0, 0.05) is 76.1 Å². The molecule has 1 aromatic carbocycles. The molecule has 0 bridgehead atoms. The molecule has 3 aliphatic rings. The Morgan fingerprint density at radius 1 is 0.897 bits per heavy atom. The van der Waals surface area contributed by atoms with E-state index in [1.54, 1.807) is 0 Å². The van der Waals surface area contributed by atoms with Gasteiger partial charge in [0.1, 0.15) is 0 Å². The minimum absolute atomic E-state index is 0.188. The van der Waals surface area contributed by atoms with E-state index in [1.165, 1.54) is 19.3 Å². The third kappa shape index (κ3) is 4.81. The largest absolute Gasteiger partial charge is 0.369 e. The molecule has 0 unspecified atom stereocenters. The van der Waals surface area contributed by atoms with E-state index in [1.807, 2.05) is 31.2 Å². The van der Waals surface area contributed by atoms with Crippen LogP contribution in [0.15, 0.2) is 24.3 Å². The number of nitrogens with zero attached hydrogens (tertiary/aromatic N) is 4. The van der Waals surface area contributed by atoms with E-state index in [0.29, 0.717) is 13.0 Å². The Kier molecular flexibility index (Phi) is 6.50. The summed E-state index contributed by atoms with van der Waals surface area (Å²) >= 11 is 0. The molecule has 158 valence electrons. The predicted molar refractivity (Wildman–Crippen MR) is 116 cm³/mol. The fourth-order valence-electron chi connectivity index (χ4n) is 4.61. The lowest BCUT2D eigenvalue weighted by atomic mass is 9.91. The van der Waals surface area contributed by atoms with Gasteiger partial charge in [-0.2, -0.15) is 0 Å². The minimum Gasteiger partial charge on any atom is -0.369 e. The molecule has 0 radical (unpaired) electrons. The molecule has 1 aliphatic carbocycles. The summed E-state index contributed by atoms with van der Waals surface area (Å²) in [6.45, 7) is 9.95. The van der Waals surface area contributed by atoms with Crippen LogP contribution in [0.3, 0.4) is 0 Å². The second kappa shape index (κ2) is 9.26. The van der Waals surface area contributed by atoms with Crippen LogP contribution in [0.5, 0.6) is 0 Å². The third-order valence-electron chi connectivity index (χ3n) is 6.86. The van der Waals surface area contributed by atoms with Crippen molar-refractivity contribution in [1.29, 1.82) is 0 Å². The molecule has 0 atom stereocenters. The molecule has 2 aliphatic heterocycles. The predicted octanol–water partition coefficient (Wildman–Crippen LogP) is 2.10. The van der Waals surface area contributed by atoms with Crippen LogP contribution in [-0.2, 0) is 4.79 Å². The fraction of sp³-hybridized carbons (Fsp3) is 0.652. The van der Waals surface area contributed by atoms with Crippen molar-refractivity contribution in [3.63, 3.8) is 0 Å². The molecule has 0 spiro atoms. The number of amides is 1. The second-order valence-electron chi connectivity index (χ2n) is 8.59. The molecule has 4 rings (SSSR count). The van der Waals surface area contributed by atoms with Crippen molar-refractivity contribution in [1.82, 2.24) is 14.7 Å². The molecule has 6 heteroatoms. The van der Waals surface area contributed by atoms with Crippen LogP contribution in [0.25, 0.3) is 0 Å². The lowest BCUT2D eigenvalue weighted by Crippen LogP contribution is -2.56. The first kappa shape index (κ1) is 20.4. The van der Waals surface area contributed by atoms with E-state index < -0.39 is 0 Å². The average Bonchev–Trinajstić information content (AvgIpc) is 2.73. The summed E-state index contributed by atoms with van der Waals surface area (Å²) in [5, 5.41) is 0. The van der Waals surface area contributed by atoms with Crippen LogP contribution in [-0.4, -0.2) is 91.3 Å². The molecule has 0 N–H and O–H groups in total. The smallest absolute Gasteiger partial charge is 0.236 e. The Morgan fingerprint density at radius 3 is 2.10 bits per heavy atom. The number of carbonyl (C=O) groups is 2. The van der Waals surface area contributed by atoms with Gasteiger partial charge in [0.2, 0.25) is 5.91 Å². The number of Topliss-reactive ketones (excluding diaryl/α,β-unsaturated/α-hetero) is 1. The maximum absolute atomic E-state index is 12.7. The summed E-state index contributed by atoms with van der Waals surface area (Å²) in [6, 6.07) is 8.74. The minimum atomic E-state index is 0.188. The van der Waals surface area contributed by atoms with Gasteiger partial charge in [-0.25, -0.2) is 0 Å². The van der Waals surface area contributed by atoms with Crippen LogP contribution in [0.2, 0.25) is 0 Å². The lowest BCUT2D eigenvalue weighted by Gasteiger charge is -2.43. The van der Waals surface area contributed by atoms with Crippen molar-refractivity contribution < 1.29 is 9.59 Å². The van der Waals surface area contributed by atoms with E-state index in [9.17, 15) is 9.59 Å². The first-order valence-electron chi connectivity index (χ1n) is 11.3. The molecule has 1 aromatic rings. The van der Waals surface area contributed by atoms with Crippen molar-refractivity contribution in [3.8, 4) is 0 Å². The number of hydrogen-bond donors (Lipinski definition) is 0. The highest BCUT2D eigenvalue weighted by atomic mass is 16.2. The summed E-state index contributed by atoms with van der Waals surface area (Å²) in [7, 11) is 0. The van der Waals surface area contributed by atoms with E-state index in [-0.39, 0.29) is 11.7 Å². The van der Waals surface area contributed by atoms with Gasteiger partial charge in [-0.3, -0.25) is 19.4 Å². The van der Waals surface area contributed by atoms with Crippen LogP contribution in [0.4, 0.5) is 5.69 Å². The van der Waals surface area contributed by atoms with Crippen molar-refractivity contribution in [2.24, 2.45) is 0 Å². The highest BCUT2D eigenvalue weighted by Gasteiger charge is 2.30. The van der Waals surface area contributed by atoms with E-state index in [4.69, 9.17) is 0 Å². The van der Waals surface area contributed by atoms with Gasteiger partial charge in [0.15, 0.2) is 5.78 Å². The molecule has 2 heterocycles. The number of ketones is 1. The SMILES string of the molecule is CCC(=O)c1ccc(N2CCN(CC(=O)N3CCN(C4CCC4)CC3)CC2)cc1. The van der Waals surface area contributed by atoms with Crippen LogP contribution in [0, 0.1) is 0 Å². The summed E-state index contributed by atoms with van der Waals surface area (Å²) in [5.74, 6) is 0.475. The molecule has 2 saturated heterocycles. The Balaban J connectivity index is 1.20. The number of piperazine rings is 2. The molecule has 1 amide bonds. The molecule has 29 heavy (non-hydrogen) atoms. The van der Waals surface area contributed by atoms with Crippen molar-refractivity contribution >= 4 is 17.4 Å². The highest BCUT2D eigenvalue weighted by molar-refractivity contribution is 5.96. The molecule has 0 aromatic heterocycles. The van der Waals surface area contributed by atoms with Gasteiger partial charge in [0.25, 0.3) is 0 Å². The van der Waals surface area contributed by atoms with E-state index in [2.05, 4.69) is 19.6 Å². The molecule has 6 nitrogen and oxygen atoms in total. The Bertz CT molecular complexity index is 700. The first-order chi connectivity index (χ1) is 14.1. The van der Waals surface area contributed by atoms with Crippen LogP contribution in [0.1, 0.15) is 43.0 Å². The molecular formula is C23H34N4O2. The lowest BCUT2D eigenvalue weighted by molar-refractivity contribution is -0.134. The topological polar surface area (TPSA) is 47.1 Å². The van der Waals surface area contributed by atoms with Gasteiger partial charge in [-0.05, 0) is 37.1 Å². The van der Waals surface area contributed by atoms with Gasteiger partial charge in [0.05, 0.1) is 6.54 Å². The Hall–Kier alpha value is -1.92. The van der Waals surface area contributed by atoms with Crippen molar-refractivity contribution in [2.45, 2.75) is 38.6 Å². The average molecular weight is 399 g/mol. The maximum atomic E-state index is 12.7. The fourth-order valence-corrected chi connectivity index (χ4v) is 4.61. The number of hydrogen-bond acceptors (Lipinski definition) is 5. The zero-order valence-corrected chi connectivity index (χ0v) is 17.7. The summed E-state index contributed by atoms with van der Waals surface area (Å²) in [6.07, 6.45) is 4.60. The zero-order valence-electron chi connectivity index (χ0n) is 17.7. The van der Waals surface area contributed by atoms with Gasteiger partial charge in [-0.1, -0.05) is 13.3 Å². The van der Waals surface area contributed by atoms with Crippen LogP contribution >= 0.6 is 0 Å². The van der Waals surface area contributed by atoms with E-state index in [0.717, 1.165) is 69.7 Å². The summed E-state index contributed by atoms with van der Waals surface area (Å²) in [4.78, 5) is 33.8. The van der Waals surface area contributed by atoms with Crippen molar-refractivity contribution in [2.75, 3.05) is 63.8 Å². The monoisotopic (exact) mass is 398 g/mol. The standard InChI is InChI=1S/C23H34N4O2/c1-2-22(28)19-6-8-21(9-7-19)25-12-10-24(11-13-25)18-23(29)27-16-14-26(15-17-27)20-4-3-5-20/h6-9,20H,2-5,10-18H2,1H3. The first-order valence-corrected chi connectivity index (χ1v) is 11.3. The second-order valence-corrected chi connectivity index (χ2v) is 8.59. The maximum Gasteiger partial charge on any atom is 0.236 e. The van der Waals surface area contributed by atoms with Gasteiger partial charge < -0.3 is 9.80 Å². The molecule has 3 fully saturated rings.